The van der Waals surface area contributed by atoms with Crippen LogP contribution >= 0.6 is 27.5 Å². The summed E-state index contributed by atoms with van der Waals surface area (Å²) in [5.41, 5.74) is 2.10. The zero-order chi connectivity index (χ0) is 14.8. The standard InChI is InChI=1S/C13H15BrClF3N2/c14-8-10-1-2-11(15)7-12(10)20-5-3-19(4-6-20)9-13(16,17)18/h1-2,7H,3-6,8-9H2. The van der Waals surface area contributed by atoms with Gasteiger partial charge in [0.2, 0.25) is 0 Å². The fraction of sp³-hybridized carbons (Fsp3) is 0.538. The minimum atomic E-state index is -4.13. The van der Waals surface area contributed by atoms with E-state index in [0.717, 1.165) is 11.3 Å². The molecule has 1 aliphatic rings. The van der Waals surface area contributed by atoms with Crippen molar-refractivity contribution in [2.24, 2.45) is 0 Å². The van der Waals surface area contributed by atoms with E-state index in [1.54, 1.807) is 0 Å². The fourth-order valence-electron chi connectivity index (χ4n) is 2.34. The Morgan fingerprint density at radius 3 is 2.35 bits per heavy atom. The first-order valence-corrected chi connectivity index (χ1v) is 7.77. The van der Waals surface area contributed by atoms with Gasteiger partial charge in [0, 0.05) is 42.2 Å². The van der Waals surface area contributed by atoms with E-state index < -0.39 is 12.7 Å². The molecule has 1 saturated heterocycles. The average Bonchev–Trinajstić information content (AvgIpc) is 2.38. The molecule has 2 nitrogen and oxygen atoms in total. The highest BCUT2D eigenvalue weighted by atomic mass is 79.9. The van der Waals surface area contributed by atoms with E-state index in [9.17, 15) is 13.2 Å². The molecule has 1 heterocycles. The van der Waals surface area contributed by atoms with E-state index in [4.69, 9.17) is 11.6 Å². The molecule has 0 aliphatic carbocycles. The van der Waals surface area contributed by atoms with Crippen molar-refractivity contribution in [1.82, 2.24) is 4.90 Å². The van der Waals surface area contributed by atoms with Crippen LogP contribution in [0, 0.1) is 0 Å². The molecule has 20 heavy (non-hydrogen) atoms. The Labute approximate surface area is 129 Å². The van der Waals surface area contributed by atoms with Gasteiger partial charge in [-0.05, 0) is 17.7 Å². The molecule has 112 valence electrons. The third-order valence-corrected chi connectivity index (χ3v) is 4.15. The smallest absolute Gasteiger partial charge is 0.369 e. The fourth-order valence-corrected chi connectivity index (χ4v) is 2.99. The van der Waals surface area contributed by atoms with Gasteiger partial charge >= 0.3 is 6.18 Å². The molecule has 0 N–H and O–H groups in total. The Balaban J connectivity index is 2.02. The molecule has 0 atom stereocenters. The van der Waals surface area contributed by atoms with Gasteiger partial charge in [-0.2, -0.15) is 13.2 Å². The summed E-state index contributed by atoms with van der Waals surface area (Å²) >= 11 is 9.43. The Morgan fingerprint density at radius 2 is 1.80 bits per heavy atom. The van der Waals surface area contributed by atoms with Gasteiger partial charge in [0.05, 0.1) is 6.54 Å². The van der Waals surface area contributed by atoms with Crippen LogP contribution in [0.1, 0.15) is 5.56 Å². The van der Waals surface area contributed by atoms with E-state index in [0.29, 0.717) is 36.5 Å². The lowest BCUT2D eigenvalue weighted by molar-refractivity contribution is -0.146. The highest BCUT2D eigenvalue weighted by Crippen LogP contribution is 2.28. The molecule has 1 fully saturated rings. The first kappa shape index (κ1) is 15.9. The van der Waals surface area contributed by atoms with E-state index >= 15 is 0 Å². The quantitative estimate of drug-likeness (QED) is 0.743. The van der Waals surface area contributed by atoms with Crippen molar-refractivity contribution >= 4 is 33.2 Å². The Bertz CT molecular complexity index is 459. The predicted molar refractivity (Wildman–Crippen MR) is 78.8 cm³/mol. The zero-order valence-electron chi connectivity index (χ0n) is 10.8. The van der Waals surface area contributed by atoms with Crippen molar-refractivity contribution in [3.8, 4) is 0 Å². The first-order chi connectivity index (χ1) is 9.39. The Morgan fingerprint density at radius 1 is 1.15 bits per heavy atom. The predicted octanol–water partition coefficient (Wildman–Crippen LogP) is 3.92. The van der Waals surface area contributed by atoms with Crippen LogP contribution in [0.5, 0.6) is 0 Å². The van der Waals surface area contributed by atoms with Crippen molar-refractivity contribution in [1.29, 1.82) is 0 Å². The number of anilines is 1. The number of rotatable bonds is 3. The lowest BCUT2D eigenvalue weighted by atomic mass is 10.1. The molecule has 0 bridgehead atoms. The molecule has 7 heteroatoms. The molecule has 0 amide bonds. The van der Waals surface area contributed by atoms with Crippen LogP contribution in [0.15, 0.2) is 18.2 Å². The van der Waals surface area contributed by atoms with Crippen molar-refractivity contribution in [2.75, 3.05) is 37.6 Å². The lowest BCUT2D eigenvalue weighted by Crippen LogP contribution is -2.49. The van der Waals surface area contributed by atoms with Gasteiger partial charge in [-0.15, -0.1) is 0 Å². The second kappa shape index (κ2) is 6.54. The minimum Gasteiger partial charge on any atom is -0.369 e. The molecule has 1 aromatic rings. The largest absolute Gasteiger partial charge is 0.401 e. The maximum absolute atomic E-state index is 12.4. The van der Waals surface area contributed by atoms with Crippen molar-refractivity contribution in [2.45, 2.75) is 11.5 Å². The number of halogens is 5. The summed E-state index contributed by atoms with van der Waals surface area (Å²) in [4.78, 5) is 3.53. The summed E-state index contributed by atoms with van der Waals surface area (Å²) < 4.78 is 37.1. The number of hydrogen-bond acceptors (Lipinski definition) is 2. The molecule has 0 saturated carbocycles. The monoisotopic (exact) mass is 370 g/mol. The lowest BCUT2D eigenvalue weighted by Gasteiger charge is -2.37. The van der Waals surface area contributed by atoms with E-state index in [-0.39, 0.29) is 0 Å². The number of nitrogens with zero attached hydrogens (tertiary/aromatic N) is 2. The van der Waals surface area contributed by atoms with Gasteiger partial charge in [0.1, 0.15) is 0 Å². The molecule has 0 aromatic heterocycles. The summed E-state index contributed by atoms with van der Waals surface area (Å²) in [5, 5.41) is 1.34. The van der Waals surface area contributed by atoms with E-state index in [1.807, 2.05) is 18.2 Å². The number of alkyl halides is 4. The van der Waals surface area contributed by atoms with Crippen LogP contribution < -0.4 is 4.90 Å². The molecule has 1 aromatic carbocycles. The van der Waals surface area contributed by atoms with E-state index in [2.05, 4.69) is 20.8 Å². The number of piperazine rings is 1. The summed E-state index contributed by atoms with van der Waals surface area (Å²) in [5.74, 6) is 0. The third-order valence-electron chi connectivity index (χ3n) is 3.31. The second-order valence-electron chi connectivity index (χ2n) is 4.79. The summed E-state index contributed by atoms with van der Waals surface area (Å²) in [6.07, 6.45) is -4.13. The van der Waals surface area contributed by atoms with Gasteiger partial charge < -0.3 is 4.90 Å². The van der Waals surface area contributed by atoms with Crippen LogP contribution in [0.25, 0.3) is 0 Å². The molecule has 0 radical (unpaired) electrons. The Kier molecular flexibility index (Phi) is 5.20. The minimum absolute atomic E-state index is 0.410. The van der Waals surface area contributed by atoms with Crippen LogP contribution in [0.4, 0.5) is 18.9 Å². The van der Waals surface area contributed by atoms with Crippen LogP contribution in [0.2, 0.25) is 5.02 Å². The van der Waals surface area contributed by atoms with Crippen LogP contribution in [-0.4, -0.2) is 43.8 Å². The maximum atomic E-state index is 12.4. The van der Waals surface area contributed by atoms with Crippen LogP contribution in [0.3, 0.4) is 0 Å². The molecular weight excluding hydrogens is 357 g/mol. The molecule has 0 unspecified atom stereocenters. The van der Waals surface area contributed by atoms with Crippen molar-refractivity contribution in [3.05, 3.63) is 28.8 Å². The highest BCUT2D eigenvalue weighted by molar-refractivity contribution is 9.08. The molecule has 2 rings (SSSR count). The normalized spacial score (nSPS) is 17.6. The molecule has 0 spiro atoms. The zero-order valence-corrected chi connectivity index (χ0v) is 13.1. The van der Waals surface area contributed by atoms with Gasteiger partial charge in [0.25, 0.3) is 0 Å². The van der Waals surface area contributed by atoms with Crippen molar-refractivity contribution in [3.63, 3.8) is 0 Å². The van der Waals surface area contributed by atoms with Gasteiger partial charge in [-0.3, -0.25) is 4.90 Å². The third kappa shape index (κ3) is 4.27. The molecule has 1 aliphatic heterocycles. The SMILES string of the molecule is FC(F)(F)CN1CCN(c2cc(Cl)ccc2CBr)CC1. The second-order valence-corrected chi connectivity index (χ2v) is 5.78. The van der Waals surface area contributed by atoms with Crippen LogP contribution in [-0.2, 0) is 5.33 Å². The first-order valence-electron chi connectivity index (χ1n) is 6.27. The van der Waals surface area contributed by atoms with Gasteiger partial charge in [0.15, 0.2) is 0 Å². The Hall–Kier alpha value is -0.460. The number of benzene rings is 1. The average molecular weight is 372 g/mol. The maximum Gasteiger partial charge on any atom is 0.401 e. The van der Waals surface area contributed by atoms with Gasteiger partial charge in [-0.25, -0.2) is 0 Å². The van der Waals surface area contributed by atoms with E-state index in [1.165, 1.54) is 4.90 Å². The summed E-state index contributed by atoms with van der Waals surface area (Å²) in [7, 11) is 0. The summed E-state index contributed by atoms with van der Waals surface area (Å²) in [6, 6.07) is 5.63. The van der Waals surface area contributed by atoms with Crippen molar-refractivity contribution < 1.29 is 13.2 Å². The van der Waals surface area contributed by atoms with Gasteiger partial charge in [-0.1, -0.05) is 33.6 Å². The summed E-state index contributed by atoms with van der Waals surface area (Å²) in [6.45, 7) is 1.15. The highest BCUT2D eigenvalue weighted by Gasteiger charge is 2.32. The molecular formula is C13H15BrClF3N2. The number of hydrogen-bond donors (Lipinski definition) is 0. The topological polar surface area (TPSA) is 6.48 Å².